The van der Waals surface area contributed by atoms with Crippen LogP contribution >= 0.6 is 0 Å². The molecule has 1 fully saturated rings. The third kappa shape index (κ3) is 5.40. The average molecular weight is 410 g/mol. The van der Waals surface area contributed by atoms with Crippen LogP contribution in [0.3, 0.4) is 0 Å². The van der Waals surface area contributed by atoms with E-state index >= 15 is 0 Å². The van der Waals surface area contributed by atoms with Crippen molar-refractivity contribution >= 4 is 29.1 Å². The Morgan fingerprint density at radius 2 is 1.73 bits per heavy atom. The average Bonchev–Trinajstić information content (AvgIpc) is 3.18. The van der Waals surface area contributed by atoms with E-state index in [1.165, 1.54) is 24.3 Å². The van der Waals surface area contributed by atoms with Crippen LogP contribution in [0.1, 0.15) is 35.2 Å². The van der Waals surface area contributed by atoms with Gasteiger partial charge in [-0.3, -0.25) is 24.5 Å². The molecule has 1 aliphatic heterocycles. The molecule has 0 radical (unpaired) electrons. The second-order valence-electron chi connectivity index (χ2n) is 6.90. The Kier molecular flexibility index (Phi) is 6.74. The number of rotatable bonds is 8. The molecule has 156 valence electrons. The molecule has 1 heterocycles. The van der Waals surface area contributed by atoms with Gasteiger partial charge in [0.1, 0.15) is 0 Å². The Labute approximate surface area is 173 Å². The van der Waals surface area contributed by atoms with Crippen molar-refractivity contribution in [3.63, 3.8) is 0 Å². The number of non-ortho nitro benzene ring substituents is 1. The van der Waals surface area contributed by atoms with Crippen molar-refractivity contribution in [1.82, 2.24) is 10.6 Å². The van der Waals surface area contributed by atoms with Crippen molar-refractivity contribution in [3.05, 3.63) is 69.8 Å². The van der Waals surface area contributed by atoms with Gasteiger partial charge in [0, 0.05) is 55.9 Å². The van der Waals surface area contributed by atoms with Crippen molar-refractivity contribution < 1.29 is 19.3 Å². The molecule has 9 nitrogen and oxygen atoms in total. The number of amides is 3. The van der Waals surface area contributed by atoms with E-state index in [4.69, 9.17) is 0 Å². The molecule has 0 saturated carbocycles. The van der Waals surface area contributed by atoms with Gasteiger partial charge < -0.3 is 15.5 Å². The van der Waals surface area contributed by atoms with Gasteiger partial charge in [-0.15, -0.1) is 0 Å². The molecule has 2 N–H and O–H groups in total. The van der Waals surface area contributed by atoms with Crippen molar-refractivity contribution in [2.24, 2.45) is 0 Å². The molecule has 0 aliphatic carbocycles. The summed E-state index contributed by atoms with van der Waals surface area (Å²) in [5.41, 5.74) is 1.97. The Bertz CT molecular complexity index is 941. The first kappa shape index (κ1) is 21.0. The number of anilines is 1. The van der Waals surface area contributed by atoms with Gasteiger partial charge in [0.15, 0.2) is 0 Å². The van der Waals surface area contributed by atoms with E-state index in [-0.39, 0.29) is 36.0 Å². The molecule has 1 saturated heterocycles. The van der Waals surface area contributed by atoms with E-state index in [0.29, 0.717) is 13.0 Å². The maximum atomic E-state index is 12.0. The molecule has 2 aromatic rings. The molecular weight excluding hydrogens is 388 g/mol. The third-order valence-corrected chi connectivity index (χ3v) is 4.79. The molecular formula is C21H22N4O5. The summed E-state index contributed by atoms with van der Waals surface area (Å²) >= 11 is 0. The zero-order valence-electron chi connectivity index (χ0n) is 16.3. The number of benzene rings is 2. The largest absolute Gasteiger partial charge is 0.352 e. The normalized spacial score (nSPS) is 13.2. The maximum absolute atomic E-state index is 12.0. The summed E-state index contributed by atoms with van der Waals surface area (Å²) in [7, 11) is 0. The number of nitro groups is 1. The van der Waals surface area contributed by atoms with Gasteiger partial charge in [-0.25, -0.2) is 0 Å². The predicted molar refractivity (Wildman–Crippen MR) is 110 cm³/mol. The number of carbonyl (C=O) groups excluding carboxylic acids is 3. The van der Waals surface area contributed by atoms with Gasteiger partial charge >= 0.3 is 0 Å². The first-order valence-corrected chi connectivity index (χ1v) is 9.63. The van der Waals surface area contributed by atoms with Crippen molar-refractivity contribution in [2.75, 3.05) is 18.0 Å². The zero-order valence-corrected chi connectivity index (χ0v) is 16.3. The van der Waals surface area contributed by atoms with Gasteiger partial charge in [0.05, 0.1) is 4.92 Å². The monoisotopic (exact) mass is 410 g/mol. The van der Waals surface area contributed by atoms with Gasteiger partial charge in [-0.2, -0.15) is 0 Å². The molecule has 0 spiro atoms. The predicted octanol–water partition coefficient (Wildman–Crippen LogP) is 2.16. The molecule has 0 bridgehead atoms. The highest BCUT2D eigenvalue weighted by molar-refractivity contribution is 5.95. The zero-order chi connectivity index (χ0) is 21.5. The standard InChI is InChI=1S/C21H22N4O5/c26-19(11-12-22-21(28)16-5-9-18(10-6-16)25(29)30)23-14-15-3-7-17(8-4-15)24-13-1-2-20(24)27/h3-10H,1-2,11-14H2,(H,22,28)(H,23,26). The van der Waals surface area contributed by atoms with E-state index in [1.54, 1.807) is 4.90 Å². The van der Waals surface area contributed by atoms with Crippen LogP contribution in [0.5, 0.6) is 0 Å². The SMILES string of the molecule is O=C(CCNC(=O)c1ccc([N+](=O)[O-])cc1)NCc1ccc(N2CCCC2=O)cc1. The van der Waals surface area contributed by atoms with Gasteiger partial charge in [-0.05, 0) is 36.2 Å². The summed E-state index contributed by atoms with van der Waals surface area (Å²) < 4.78 is 0. The highest BCUT2D eigenvalue weighted by atomic mass is 16.6. The first-order valence-electron chi connectivity index (χ1n) is 9.63. The number of hydrogen-bond donors (Lipinski definition) is 2. The van der Waals surface area contributed by atoms with E-state index < -0.39 is 10.8 Å². The summed E-state index contributed by atoms with van der Waals surface area (Å²) in [6.45, 7) is 1.24. The lowest BCUT2D eigenvalue weighted by Gasteiger charge is -2.16. The number of hydrogen-bond acceptors (Lipinski definition) is 5. The van der Waals surface area contributed by atoms with Crippen LogP contribution in [0.15, 0.2) is 48.5 Å². The molecule has 0 aromatic heterocycles. The Balaban J connectivity index is 1.39. The van der Waals surface area contributed by atoms with Gasteiger partial charge in [0.25, 0.3) is 11.6 Å². The third-order valence-electron chi connectivity index (χ3n) is 4.79. The molecule has 1 aliphatic rings. The van der Waals surface area contributed by atoms with Crippen molar-refractivity contribution in [2.45, 2.75) is 25.8 Å². The van der Waals surface area contributed by atoms with E-state index in [2.05, 4.69) is 10.6 Å². The fraction of sp³-hybridized carbons (Fsp3) is 0.286. The number of carbonyl (C=O) groups is 3. The van der Waals surface area contributed by atoms with Crippen LogP contribution in [0, 0.1) is 10.1 Å². The van der Waals surface area contributed by atoms with Crippen LogP contribution in [-0.2, 0) is 16.1 Å². The smallest absolute Gasteiger partial charge is 0.269 e. The van der Waals surface area contributed by atoms with Gasteiger partial charge in [0.2, 0.25) is 11.8 Å². The highest BCUT2D eigenvalue weighted by Gasteiger charge is 2.21. The lowest BCUT2D eigenvalue weighted by atomic mass is 10.2. The number of nitrogens with one attached hydrogen (secondary N) is 2. The fourth-order valence-electron chi connectivity index (χ4n) is 3.13. The van der Waals surface area contributed by atoms with Crippen molar-refractivity contribution in [3.8, 4) is 0 Å². The lowest BCUT2D eigenvalue weighted by molar-refractivity contribution is -0.384. The Hall–Kier alpha value is -3.75. The van der Waals surface area contributed by atoms with Crippen LogP contribution in [0.4, 0.5) is 11.4 Å². The minimum Gasteiger partial charge on any atom is -0.352 e. The molecule has 0 atom stereocenters. The second-order valence-corrected chi connectivity index (χ2v) is 6.90. The molecule has 2 aromatic carbocycles. The second kappa shape index (κ2) is 9.64. The minimum absolute atomic E-state index is 0.0917. The molecule has 30 heavy (non-hydrogen) atoms. The van der Waals surface area contributed by atoms with E-state index in [0.717, 1.165) is 24.2 Å². The minimum atomic E-state index is -0.536. The number of nitrogens with zero attached hydrogens (tertiary/aromatic N) is 2. The summed E-state index contributed by atoms with van der Waals surface area (Å²) in [4.78, 5) is 47.6. The summed E-state index contributed by atoms with van der Waals surface area (Å²) in [5, 5.41) is 16.0. The molecule has 3 amide bonds. The Morgan fingerprint density at radius 1 is 1.03 bits per heavy atom. The van der Waals surface area contributed by atoms with E-state index in [9.17, 15) is 24.5 Å². The Morgan fingerprint density at radius 3 is 2.33 bits per heavy atom. The highest BCUT2D eigenvalue weighted by Crippen LogP contribution is 2.21. The molecule has 9 heteroatoms. The fourth-order valence-corrected chi connectivity index (χ4v) is 3.13. The number of nitro benzene ring substituents is 1. The van der Waals surface area contributed by atoms with Crippen LogP contribution in [-0.4, -0.2) is 35.7 Å². The summed E-state index contributed by atoms with van der Waals surface area (Å²) in [6, 6.07) is 12.7. The molecule has 3 rings (SSSR count). The molecule has 0 unspecified atom stereocenters. The maximum Gasteiger partial charge on any atom is 0.269 e. The summed E-state index contributed by atoms with van der Waals surface area (Å²) in [6.07, 6.45) is 1.56. The van der Waals surface area contributed by atoms with E-state index in [1.807, 2.05) is 24.3 Å². The quantitative estimate of drug-likeness (QED) is 0.510. The van der Waals surface area contributed by atoms with Crippen LogP contribution in [0.2, 0.25) is 0 Å². The lowest BCUT2D eigenvalue weighted by Crippen LogP contribution is -2.30. The van der Waals surface area contributed by atoms with Crippen LogP contribution < -0.4 is 15.5 Å². The van der Waals surface area contributed by atoms with Crippen molar-refractivity contribution in [1.29, 1.82) is 0 Å². The summed E-state index contributed by atoms with van der Waals surface area (Å²) in [5.74, 6) is -0.477. The topological polar surface area (TPSA) is 122 Å². The van der Waals surface area contributed by atoms with Crippen LogP contribution in [0.25, 0.3) is 0 Å². The first-order chi connectivity index (χ1) is 14.4. The van der Waals surface area contributed by atoms with Gasteiger partial charge in [-0.1, -0.05) is 12.1 Å².